The Bertz CT molecular complexity index is 517. The molecule has 0 amide bonds. The molecule has 2 aromatic rings. The van der Waals surface area contributed by atoms with Gasteiger partial charge < -0.3 is 0 Å². The van der Waals surface area contributed by atoms with Crippen LogP contribution in [0.25, 0.3) is 11.0 Å². The van der Waals surface area contributed by atoms with E-state index >= 15 is 0 Å². The Labute approximate surface area is 125 Å². The molecule has 0 unspecified atom stereocenters. The summed E-state index contributed by atoms with van der Waals surface area (Å²) in [4.78, 5) is 9.23. The Morgan fingerprint density at radius 2 is 1.62 bits per heavy atom. The van der Waals surface area contributed by atoms with Gasteiger partial charge in [0.05, 0.1) is 22.4 Å². The fourth-order valence-corrected chi connectivity index (χ4v) is 2.84. The minimum atomic E-state index is 0.741. The van der Waals surface area contributed by atoms with Crippen LogP contribution in [0, 0.1) is 0 Å². The van der Waals surface area contributed by atoms with Crippen LogP contribution in [0.15, 0.2) is 18.2 Å². The van der Waals surface area contributed by atoms with Crippen molar-refractivity contribution in [1.82, 2.24) is 9.97 Å². The molecule has 0 aliphatic heterocycles. The number of hydrogen-bond acceptors (Lipinski definition) is 2. The molecule has 0 radical (unpaired) electrons. The van der Waals surface area contributed by atoms with Crippen LogP contribution in [0.4, 0.5) is 0 Å². The zero-order valence-electron chi connectivity index (χ0n) is 8.38. The van der Waals surface area contributed by atoms with Gasteiger partial charge in [0, 0.05) is 15.1 Å². The third-order valence-electron chi connectivity index (χ3n) is 2.29. The summed E-state index contributed by atoms with van der Waals surface area (Å²) in [6, 6.07) is 6.26. The first-order chi connectivity index (χ1) is 7.78. The van der Waals surface area contributed by atoms with E-state index in [1.165, 1.54) is 5.56 Å². The van der Waals surface area contributed by atoms with Gasteiger partial charge in [-0.3, -0.25) is 0 Å². The monoisotopic (exact) mass is 454 g/mol. The second kappa shape index (κ2) is 5.73. The van der Waals surface area contributed by atoms with Crippen molar-refractivity contribution in [3.63, 3.8) is 0 Å². The second-order valence-electron chi connectivity index (χ2n) is 3.34. The summed E-state index contributed by atoms with van der Waals surface area (Å²) in [6.45, 7) is 0. The number of rotatable bonds is 3. The van der Waals surface area contributed by atoms with Crippen LogP contribution < -0.4 is 0 Å². The number of nitrogens with zero attached hydrogens (tertiary/aromatic N) is 2. The Morgan fingerprint density at radius 3 is 2.19 bits per heavy atom. The van der Waals surface area contributed by atoms with Crippen LogP contribution in [-0.4, -0.2) is 9.97 Å². The van der Waals surface area contributed by atoms with Gasteiger partial charge in [-0.25, -0.2) is 9.97 Å². The minimum absolute atomic E-state index is 0.741. The van der Waals surface area contributed by atoms with Crippen LogP contribution in [0.3, 0.4) is 0 Å². The first-order valence-corrected chi connectivity index (χ1v) is 8.51. The van der Waals surface area contributed by atoms with Gasteiger partial charge in [-0.05, 0) is 17.7 Å². The average Bonchev–Trinajstić information content (AvgIpc) is 2.36. The van der Waals surface area contributed by atoms with Crippen molar-refractivity contribution in [3.05, 3.63) is 35.2 Å². The third kappa shape index (κ3) is 2.56. The van der Waals surface area contributed by atoms with Crippen molar-refractivity contribution in [2.75, 3.05) is 0 Å². The summed E-state index contributed by atoms with van der Waals surface area (Å²) in [7, 11) is 0. The highest BCUT2D eigenvalue weighted by molar-refractivity contribution is 14.1. The number of alkyl halides is 3. The largest absolute Gasteiger partial charge is 0.248 e. The number of halogens is 3. The summed E-state index contributed by atoms with van der Waals surface area (Å²) in [5.41, 5.74) is 5.25. The third-order valence-corrected chi connectivity index (χ3v) is 4.23. The normalized spacial score (nSPS) is 10.9. The number of fused-ring (bicyclic) bond motifs is 1. The van der Waals surface area contributed by atoms with E-state index in [4.69, 9.17) is 0 Å². The van der Waals surface area contributed by atoms with Crippen LogP contribution in [0.2, 0.25) is 0 Å². The quantitative estimate of drug-likeness (QED) is 0.508. The maximum Gasteiger partial charge on any atom is 0.0893 e. The summed E-state index contributed by atoms with van der Waals surface area (Å²) in [5.74, 6) is 0. The summed E-state index contributed by atoms with van der Waals surface area (Å²) >= 11 is 9.24. The van der Waals surface area contributed by atoms with Gasteiger partial charge in [0.1, 0.15) is 0 Å². The van der Waals surface area contributed by atoms with E-state index in [0.717, 1.165) is 37.5 Å². The van der Waals surface area contributed by atoms with Gasteiger partial charge in [0.15, 0.2) is 0 Å². The molecule has 1 heterocycles. The fourth-order valence-electron chi connectivity index (χ4n) is 1.47. The van der Waals surface area contributed by atoms with Crippen molar-refractivity contribution in [2.24, 2.45) is 0 Å². The highest BCUT2D eigenvalue weighted by atomic mass is 127. The predicted octanol–water partition coefficient (Wildman–Crippen LogP) is 4.35. The molecule has 0 saturated carbocycles. The molecule has 0 N–H and O–H groups in total. The molecule has 5 heteroatoms. The van der Waals surface area contributed by atoms with Gasteiger partial charge in [0.25, 0.3) is 0 Å². The van der Waals surface area contributed by atoms with E-state index in [-0.39, 0.29) is 0 Å². The molecule has 84 valence electrons. The molecule has 2 nitrogen and oxygen atoms in total. The maximum absolute atomic E-state index is 4.63. The number of benzene rings is 1. The van der Waals surface area contributed by atoms with Crippen molar-refractivity contribution in [1.29, 1.82) is 0 Å². The Balaban J connectivity index is 2.63. The van der Waals surface area contributed by atoms with Crippen molar-refractivity contribution < 1.29 is 0 Å². The Kier molecular flexibility index (Phi) is 4.55. The predicted molar refractivity (Wildman–Crippen MR) is 82.5 cm³/mol. The Hall–Kier alpha value is 0.250. The molecule has 0 aliphatic rings. The molecule has 0 aliphatic carbocycles. The van der Waals surface area contributed by atoms with E-state index < -0.39 is 0 Å². The standard InChI is InChI=1S/C11H9Br2IN2/c12-4-10-11(5-13)16-9-3-7(6-14)1-2-8(9)15-10/h1-3H,4-6H2. The number of hydrogen-bond donors (Lipinski definition) is 0. The van der Waals surface area contributed by atoms with E-state index in [9.17, 15) is 0 Å². The van der Waals surface area contributed by atoms with Crippen LogP contribution in [0.5, 0.6) is 0 Å². The lowest BCUT2D eigenvalue weighted by atomic mass is 10.2. The smallest absolute Gasteiger partial charge is 0.0893 e. The Morgan fingerprint density at radius 1 is 1.00 bits per heavy atom. The molecule has 0 spiro atoms. The molecule has 0 bridgehead atoms. The summed E-state index contributed by atoms with van der Waals surface area (Å²) in [6.07, 6.45) is 0. The molecule has 16 heavy (non-hydrogen) atoms. The molecular formula is C11H9Br2IN2. The molecule has 0 fully saturated rings. The molecule has 1 aromatic carbocycles. The van der Waals surface area contributed by atoms with Gasteiger partial charge >= 0.3 is 0 Å². The van der Waals surface area contributed by atoms with Crippen molar-refractivity contribution >= 4 is 65.5 Å². The lowest BCUT2D eigenvalue weighted by Gasteiger charge is -2.06. The van der Waals surface area contributed by atoms with E-state index in [0.29, 0.717) is 0 Å². The van der Waals surface area contributed by atoms with Gasteiger partial charge in [-0.2, -0.15) is 0 Å². The SMILES string of the molecule is BrCc1nc2ccc(CI)cc2nc1CBr. The van der Waals surface area contributed by atoms with Crippen molar-refractivity contribution in [2.45, 2.75) is 15.1 Å². The van der Waals surface area contributed by atoms with Gasteiger partial charge in [-0.1, -0.05) is 60.5 Å². The van der Waals surface area contributed by atoms with Gasteiger partial charge in [-0.15, -0.1) is 0 Å². The maximum atomic E-state index is 4.63. The molecule has 2 rings (SSSR count). The van der Waals surface area contributed by atoms with Gasteiger partial charge in [0.2, 0.25) is 0 Å². The fraction of sp³-hybridized carbons (Fsp3) is 0.273. The van der Waals surface area contributed by atoms with Crippen molar-refractivity contribution in [3.8, 4) is 0 Å². The lowest BCUT2D eigenvalue weighted by molar-refractivity contribution is 1.08. The molecule has 0 saturated heterocycles. The summed E-state index contributed by atoms with van der Waals surface area (Å²) < 4.78 is 0.999. The topological polar surface area (TPSA) is 25.8 Å². The van der Waals surface area contributed by atoms with Crippen LogP contribution >= 0.6 is 54.5 Å². The lowest BCUT2D eigenvalue weighted by Crippen LogP contribution is -1.98. The van der Waals surface area contributed by atoms with Crippen LogP contribution in [0.1, 0.15) is 17.0 Å². The highest BCUT2D eigenvalue weighted by Crippen LogP contribution is 2.19. The highest BCUT2D eigenvalue weighted by Gasteiger charge is 2.07. The zero-order chi connectivity index (χ0) is 11.5. The summed E-state index contributed by atoms with van der Waals surface area (Å²) in [5, 5.41) is 1.48. The zero-order valence-corrected chi connectivity index (χ0v) is 13.7. The molecular weight excluding hydrogens is 447 g/mol. The van der Waals surface area contributed by atoms with E-state index in [1.54, 1.807) is 0 Å². The second-order valence-corrected chi connectivity index (χ2v) is 5.23. The van der Waals surface area contributed by atoms with Crippen LogP contribution in [-0.2, 0) is 15.1 Å². The number of aromatic nitrogens is 2. The van der Waals surface area contributed by atoms with E-state index in [1.807, 2.05) is 6.07 Å². The first kappa shape index (κ1) is 12.7. The first-order valence-electron chi connectivity index (χ1n) is 4.74. The minimum Gasteiger partial charge on any atom is -0.248 e. The molecule has 1 aromatic heterocycles. The van der Waals surface area contributed by atoms with E-state index in [2.05, 4.69) is 76.6 Å². The average molecular weight is 456 g/mol. The molecule has 0 atom stereocenters.